The summed E-state index contributed by atoms with van der Waals surface area (Å²) >= 11 is 0. The van der Waals surface area contributed by atoms with Crippen LogP contribution in [0, 0.1) is 11.6 Å². The fourth-order valence-electron chi connectivity index (χ4n) is 1.75. The van der Waals surface area contributed by atoms with Crippen molar-refractivity contribution in [3.63, 3.8) is 0 Å². The van der Waals surface area contributed by atoms with Gasteiger partial charge in [0, 0.05) is 10.9 Å². The maximum atomic E-state index is 14.2. The second-order valence-corrected chi connectivity index (χ2v) is 9.80. The lowest BCUT2D eigenvalue weighted by Crippen LogP contribution is -2.21. The average Bonchev–Trinajstić information content (AvgIpc) is 2.32. The molecule has 0 unspecified atom stereocenters. The highest BCUT2D eigenvalue weighted by Gasteiger charge is 2.14. The summed E-state index contributed by atoms with van der Waals surface area (Å²) in [6.45, 7) is 6.01. The number of benzene rings is 2. The van der Waals surface area contributed by atoms with Gasteiger partial charge in [0.15, 0.2) is 0 Å². The van der Waals surface area contributed by atoms with Crippen LogP contribution in [0.4, 0.5) is 8.78 Å². The van der Waals surface area contributed by atoms with Gasteiger partial charge < -0.3 is 4.43 Å². The number of rotatable bonds is 3. The van der Waals surface area contributed by atoms with Crippen molar-refractivity contribution in [3.05, 3.63) is 53.8 Å². The van der Waals surface area contributed by atoms with Crippen LogP contribution in [0.2, 0.25) is 19.6 Å². The fraction of sp³-hybridized carbons (Fsp3) is 0.200. The Balaban J connectivity index is 2.43. The second kappa shape index (κ2) is 5.13. The Morgan fingerprint density at radius 2 is 1.79 bits per heavy atom. The predicted molar refractivity (Wildman–Crippen MR) is 77.3 cm³/mol. The van der Waals surface area contributed by atoms with E-state index in [9.17, 15) is 8.78 Å². The molecule has 0 radical (unpaired) electrons. The number of halogens is 2. The summed E-state index contributed by atoms with van der Waals surface area (Å²) in [6.07, 6.45) is 2.75. The lowest BCUT2D eigenvalue weighted by atomic mass is 10.1. The van der Waals surface area contributed by atoms with E-state index in [1.54, 1.807) is 24.3 Å². The Labute approximate surface area is 112 Å². The van der Waals surface area contributed by atoms with E-state index in [-0.39, 0.29) is 5.56 Å². The van der Waals surface area contributed by atoms with E-state index in [1.165, 1.54) is 18.4 Å². The molecule has 0 amide bonds. The lowest BCUT2D eigenvalue weighted by Gasteiger charge is -2.14. The van der Waals surface area contributed by atoms with Gasteiger partial charge in [-0.25, -0.2) is 8.78 Å². The van der Waals surface area contributed by atoms with Crippen LogP contribution in [0.3, 0.4) is 0 Å². The average molecular weight is 278 g/mol. The molecule has 100 valence electrons. The predicted octanol–water partition coefficient (Wildman–Crippen LogP) is 4.94. The van der Waals surface area contributed by atoms with E-state index >= 15 is 0 Å². The molecule has 1 nitrogen and oxygen atoms in total. The van der Waals surface area contributed by atoms with E-state index in [4.69, 9.17) is 4.43 Å². The van der Waals surface area contributed by atoms with E-state index in [0.29, 0.717) is 10.8 Å². The molecule has 0 spiro atoms. The third kappa shape index (κ3) is 3.20. The Kier molecular flexibility index (Phi) is 3.71. The molecular weight excluding hydrogens is 262 g/mol. The summed E-state index contributed by atoms with van der Waals surface area (Å²) in [5, 5.41) is 0.970. The summed E-state index contributed by atoms with van der Waals surface area (Å²) in [6, 6.07) is 8.15. The van der Waals surface area contributed by atoms with Crippen molar-refractivity contribution < 1.29 is 13.2 Å². The molecule has 0 aliphatic rings. The summed E-state index contributed by atoms with van der Waals surface area (Å²) in [5.74, 6) is -1.13. The Bertz CT molecular complexity index is 630. The maximum absolute atomic E-state index is 14.2. The zero-order valence-electron chi connectivity index (χ0n) is 11.2. The van der Waals surface area contributed by atoms with Crippen LogP contribution in [0.25, 0.3) is 16.8 Å². The van der Waals surface area contributed by atoms with E-state index < -0.39 is 20.0 Å². The van der Waals surface area contributed by atoms with Crippen molar-refractivity contribution >= 4 is 25.2 Å². The molecule has 0 aromatic heterocycles. The van der Waals surface area contributed by atoms with Crippen molar-refractivity contribution in [2.24, 2.45) is 0 Å². The molecule has 2 rings (SSSR count). The first kappa shape index (κ1) is 13.7. The van der Waals surface area contributed by atoms with Crippen molar-refractivity contribution in [1.29, 1.82) is 0 Å². The first-order valence-electron chi connectivity index (χ1n) is 6.09. The number of fused-ring (bicyclic) bond motifs is 1. The SMILES string of the molecule is C[Si](C)(C)O/C=C/c1c(F)cc2ccccc2c1F. The van der Waals surface area contributed by atoms with Crippen molar-refractivity contribution in [1.82, 2.24) is 0 Å². The molecular formula is C15H16F2OSi. The first-order valence-corrected chi connectivity index (χ1v) is 9.50. The third-order valence-corrected chi connectivity index (χ3v) is 3.47. The molecule has 0 bridgehead atoms. The van der Waals surface area contributed by atoms with Gasteiger partial charge in [-0.3, -0.25) is 0 Å². The summed E-state index contributed by atoms with van der Waals surface area (Å²) in [4.78, 5) is 0. The maximum Gasteiger partial charge on any atom is 0.241 e. The molecule has 0 saturated carbocycles. The number of hydrogen-bond acceptors (Lipinski definition) is 1. The highest BCUT2D eigenvalue weighted by atomic mass is 28.4. The normalized spacial score (nSPS) is 12.3. The standard InChI is InChI=1S/C15H16F2OSi/c1-19(2,3)18-9-8-13-14(16)10-11-6-4-5-7-12(11)15(13)17/h4-10H,1-3H3/b9-8+. The van der Waals surface area contributed by atoms with Crippen LogP contribution in [-0.2, 0) is 4.43 Å². The minimum atomic E-state index is -1.73. The lowest BCUT2D eigenvalue weighted by molar-refractivity contribution is 0.482. The highest BCUT2D eigenvalue weighted by molar-refractivity contribution is 6.69. The zero-order chi connectivity index (χ0) is 14.0. The van der Waals surface area contributed by atoms with Gasteiger partial charge in [0.1, 0.15) is 11.6 Å². The van der Waals surface area contributed by atoms with Crippen LogP contribution in [-0.4, -0.2) is 8.32 Å². The summed E-state index contributed by atoms with van der Waals surface area (Å²) in [7, 11) is -1.73. The van der Waals surface area contributed by atoms with Gasteiger partial charge in [0.05, 0.1) is 6.26 Å². The largest absolute Gasteiger partial charge is 0.550 e. The fourth-order valence-corrected chi connectivity index (χ4v) is 2.22. The molecule has 2 aromatic carbocycles. The van der Waals surface area contributed by atoms with Gasteiger partial charge >= 0.3 is 0 Å². The van der Waals surface area contributed by atoms with Crippen LogP contribution in [0.5, 0.6) is 0 Å². The van der Waals surface area contributed by atoms with Gasteiger partial charge in [-0.2, -0.15) is 0 Å². The zero-order valence-corrected chi connectivity index (χ0v) is 12.2. The van der Waals surface area contributed by atoms with Crippen LogP contribution >= 0.6 is 0 Å². The summed E-state index contributed by atoms with van der Waals surface area (Å²) < 4.78 is 33.6. The van der Waals surface area contributed by atoms with Crippen LogP contribution in [0.15, 0.2) is 36.6 Å². The molecule has 4 heteroatoms. The van der Waals surface area contributed by atoms with Crippen molar-refractivity contribution in [2.45, 2.75) is 19.6 Å². The Hall–Kier alpha value is -1.68. The molecule has 2 aromatic rings. The van der Waals surface area contributed by atoms with Gasteiger partial charge in [-0.15, -0.1) is 0 Å². The monoisotopic (exact) mass is 278 g/mol. The molecule has 0 atom stereocenters. The third-order valence-electron chi connectivity index (χ3n) is 2.63. The molecule has 19 heavy (non-hydrogen) atoms. The van der Waals surface area contributed by atoms with Gasteiger partial charge in [0.2, 0.25) is 8.32 Å². The smallest absolute Gasteiger partial charge is 0.241 e. The topological polar surface area (TPSA) is 9.23 Å². The van der Waals surface area contributed by atoms with Crippen molar-refractivity contribution in [2.75, 3.05) is 0 Å². The number of hydrogen-bond donors (Lipinski definition) is 0. The molecule has 0 fully saturated rings. The van der Waals surface area contributed by atoms with E-state index in [1.807, 2.05) is 19.6 Å². The van der Waals surface area contributed by atoms with Gasteiger partial charge in [-0.05, 0) is 37.2 Å². The molecule has 0 heterocycles. The first-order chi connectivity index (χ1) is 8.88. The van der Waals surface area contributed by atoms with E-state index in [0.717, 1.165) is 0 Å². The second-order valence-electron chi connectivity index (χ2n) is 5.34. The van der Waals surface area contributed by atoms with Gasteiger partial charge in [0.25, 0.3) is 0 Å². The van der Waals surface area contributed by atoms with Crippen LogP contribution in [0.1, 0.15) is 5.56 Å². The molecule has 0 aliphatic heterocycles. The highest BCUT2D eigenvalue weighted by Crippen LogP contribution is 2.25. The van der Waals surface area contributed by atoms with E-state index in [2.05, 4.69) is 0 Å². The molecule has 0 saturated heterocycles. The summed E-state index contributed by atoms with van der Waals surface area (Å²) in [5.41, 5.74) is -0.0584. The minimum absolute atomic E-state index is 0.0584. The van der Waals surface area contributed by atoms with Crippen molar-refractivity contribution in [3.8, 4) is 0 Å². The minimum Gasteiger partial charge on any atom is -0.550 e. The molecule has 0 aliphatic carbocycles. The molecule has 0 N–H and O–H groups in total. The Morgan fingerprint density at radius 1 is 1.11 bits per heavy atom. The Morgan fingerprint density at radius 3 is 2.47 bits per heavy atom. The van der Waals surface area contributed by atoms with Gasteiger partial charge in [-0.1, -0.05) is 24.3 Å². The quantitative estimate of drug-likeness (QED) is 0.571. The van der Waals surface area contributed by atoms with Crippen LogP contribution < -0.4 is 0 Å².